The summed E-state index contributed by atoms with van der Waals surface area (Å²) in [6, 6.07) is 0. The average Bonchev–Trinajstić information content (AvgIpc) is 1.99. The molecule has 3 nitrogen and oxygen atoms in total. The Morgan fingerprint density at radius 3 is 1.85 bits per heavy atom. The van der Waals surface area contributed by atoms with Crippen molar-refractivity contribution in [3.05, 3.63) is 0 Å². The van der Waals surface area contributed by atoms with E-state index in [1.54, 1.807) is 0 Å². The number of nitrogens with one attached hydrogen (secondary N) is 1. The van der Waals surface area contributed by atoms with E-state index in [0.29, 0.717) is 12.1 Å². The van der Waals surface area contributed by atoms with Gasteiger partial charge in [0, 0.05) is 0 Å². The van der Waals surface area contributed by atoms with Gasteiger partial charge in [0.05, 0.1) is 6.17 Å². The van der Waals surface area contributed by atoms with Gasteiger partial charge in [0.1, 0.15) is 0 Å². The molecule has 0 saturated heterocycles. The third kappa shape index (κ3) is 4.60. The van der Waals surface area contributed by atoms with E-state index >= 15 is 0 Å². The van der Waals surface area contributed by atoms with Gasteiger partial charge in [0.15, 0.2) is 0 Å². The first-order valence-electron chi connectivity index (χ1n) is 4.98. The average molecular weight is 187 g/mol. The Morgan fingerprint density at radius 2 is 1.54 bits per heavy atom. The molecule has 3 heteroatoms. The molecule has 0 aliphatic rings. The second-order valence-electron chi connectivity index (χ2n) is 4.21. The first kappa shape index (κ1) is 12.9. The standard InChI is InChI=1S/C10H25N3/c1-9(7-8-11-2)10(12(3)4)13(5)6/h9-11H,7-8H2,1-6H3. The van der Waals surface area contributed by atoms with E-state index in [4.69, 9.17) is 0 Å². The summed E-state index contributed by atoms with van der Waals surface area (Å²) < 4.78 is 0. The molecular weight excluding hydrogens is 162 g/mol. The van der Waals surface area contributed by atoms with Crippen molar-refractivity contribution >= 4 is 0 Å². The largest absolute Gasteiger partial charge is 0.320 e. The van der Waals surface area contributed by atoms with Gasteiger partial charge >= 0.3 is 0 Å². The van der Waals surface area contributed by atoms with Crippen LogP contribution in [0.3, 0.4) is 0 Å². The van der Waals surface area contributed by atoms with E-state index in [1.807, 2.05) is 7.05 Å². The van der Waals surface area contributed by atoms with Crippen molar-refractivity contribution in [2.45, 2.75) is 19.5 Å². The molecule has 0 aromatic rings. The lowest BCUT2D eigenvalue weighted by Crippen LogP contribution is -2.45. The highest BCUT2D eigenvalue weighted by Crippen LogP contribution is 2.13. The number of hydrogen-bond donors (Lipinski definition) is 1. The van der Waals surface area contributed by atoms with Crippen molar-refractivity contribution in [3.8, 4) is 0 Å². The predicted octanol–water partition coefficient (Wildman–Crippen LogP) is 0.681. The topological polar surface area (TPSA) is 18.5 Å². The van der Waals surface area contributed by atoms with Crippen molar-refractivity contribution in [2.75, 3.05) is 41.8 Å². The summed E-state index contributed by atoms with van der Waals surface area (Å²) in [7, 11) is 10.6. The zero-order valence-corrected chi connectivity index (χ0v) is 9.96. The molecule has 0 amide bonds. The normalized spacial score (nSPS) is 14.5. The summed E-state index contributed by atoms with van der Waals surface area (Å²) in [5.74, 6) is 0.692. The first-order valence-corrected chi connectivity index (χ1v) is 4.98. The van der Waals surface area contributed by atoms with Crippen molar-refractivity contribution in [1.82, 2.24) is 15.1 Å². The molecule has 0 aliphatic heterocycles. The van der Waals surface area contributed by atoms with Gasteiger partial charge in [-0.3, -0.25) is 9.80 Å². The lowest BCUT2D eigenvalue weighted by Gasteiger charge is -2.35. The van der Waals surface area contributed by atoms with Gasteiger partial charge in [-0.25, -0.2) is 0 Å². The van der Waals surface area contributed by atoms with E-state index in [2.05, 4.69) is 50.2 Å². The highest BCUT2D eigenvalue weighted by Gasteiger charge is 2.20. The first-order chi connectivity index (χ1) is 6.00. The molecule has 1 atom stereocenters. The second kappa shape index (κ2) is 6.35. The Bertz CT molecular complexity index is 115. The van der Waals surface area contributed by atoms with Crippen LogP contribution in [0.1, 0.15) is 13.3 Å². The Labute approximate surface area is 83.1 Å². The Balaban J connectivity index is 4.04. The molecule has 0 aliphatic carbocycles. The Kier molecular flexibility index (Phi) is 6.29. The number of rotatable bonds is 6. The van der Waals surface area contributed by atoms with Gasteiger partial charge in [-0.15, -0.1) is 0 Å². The van der Waals surface area contributed by atoms with Crippen molar-refractivity contribution in [2.24, 2.45) is 5.92 Å². The molecule has 0 spiro atoms. The Hall–Kier alpha value is -0.120. The molecule has 0 saturated carbocycles. The lowest BCUT2D eigenvalue weighted by atomic mass is 10.0. The molecule has 0 radical (unpaired) electrons. The third-order valence-corrected chi connectivity index (χ3v) is 2.42. The van der Waals surface area contributed by atoms with Crippen molar-refractivity contribution < 1.29 is 0 Å². The van der Waals surface area contributed by atoms with Crippen LogP contribution in [-0.2, 0) is 0 Å². The molecular formula is C10H25N3. The van der Waals surface area contributed by atoms with Gasteiger partial charge in [0.2, 0.25) is 0 Å². The van der Waals surface area contributed by atoms with E-state index < -0.39 is 0 Å². The van der Waals surface area contributed by atoms with Gasteiger partial charge < -0.3 is 5.32 Å². The van der Waals surface area contributed by atoms with E-state index in [1.165, 1.54) is 6.42 Å². The maximum Gasteiger partial charge on any atom is 0.0639 e. The van der Waals surface area contributed by atoms with Crippen LogP contribution in [0.2, 0.25) is 0 Å². The highest BCUT2D eigenvalue weighted by atomic mass is 15.3. The van der Waals surface area contributed by atoms with Crippen LogP contribution in [-0.4, -0.2) is 57.7 Å². The summed E-state index contributed by atoms with van der Waals surface area (Å²) >= 11 is 0. The molecule has 0 aromatic carbocycles. The van der Waals surface area contributed by atoms with Gasteiger partial charge in [0.25, 0.3) is 0 Å². The van der Waals surface area contributed by atoms with Crippen LogP contribution in [0.4, 0.5) is 0 Å². The summed E-state index contributed by atoms with van der Waals surface area (Å²) in [6.45, 7) is 3.40. The number of hydrogen-bond acceptors (Lipinski definition) is 3. The molecule has 0 fully saturated rings. The molecule has 1 N–H and O–H groups in total. The van der Waals surface area contributed by atoms with Crippen LogP contribution >= 0.6 is 0 Å². The fraction of sp³-hybridized carbons (Fsp3) is 1.00. The van der Waals surface area contributed by atoms with Gasteiger partial charge in [-0.05, 0) is 54.1 Å². The smallest absolute Gasteiger partial charge is 0.0639 e. The highest BCUT2D eigenvalue weighted by molar-refractivity contribution is 4.70. The molecule has 13 heavy (non-hydrogen) atoms. The van der Waals surface area contributed by atoms with Gasteiger partial charge in [-0.2, -0.15) is 0 Å². The summed E-state index contributed by atoms with van der Waals surface area (Å²) in [5, 5.41) is 3.19. The maximum absolute atomic E-state index is 3.19. The van der Waals surface area contributed by atoms with Crippen molar-refractivity contribution in [3.63, 3.8) is 0 Å². The Morgan fingerprint density at radius 1 is 1.08 bits per heavy atom. The fourth-order valence-corrected chi connectivity index (χ4v) is 2.00. The molecule has 0 aromatic heterocycles. The van der Waals surface area contributed by atoms with Crippen LogP contribution in [0.5, 0.6) is 0 Å². The molecule has 0 bridgehead atoms. The van der Waals surface area contributed by atoms with E-state index in [-0.39, 0.29) is 0 Å². The van der Waals surface area contributed by atoms with E-state index in [0.717, 1.165) is 6.54 Å². The fourth-order valence-electron chi connectivity index (χ4n) is 2.00. The molecule has 0 heterocycles. The maximum atomic E-state index is 3.19. The van der Waals surface area contributed by atoms with Crippen molar-refractivity contribution in [1.29, 1.82) is 0 Å². The monoisotopic (exact) mass is 187 g/mol. The lowest BCUT2D eigenvalue weighted by molar-refractivity contribution is 0.0744. The van der Waals surface area contributed by atoms with Crippen LogP contribution in [0.15, 0.2) is 0 Å². The minimum absolute atomic E-state index is 0.536. The van der Waals surface area contributed by atoms with Crippen LogP contribution in [0.25, 0.3) is 0 Å². The van der Waals surface area contributed by atoms with Crippen LogP contribution in [0, 0.1) is 5.92 Å². The summed E-state index contributed by atoms with van der Waals surface area (Å²) in [4.78, 5) is 4.56. The molecule has 80 valence electrons. The van der Waals surface area contributed by atoms with Crippen LogP contribution < -0.4 is 5.32 Å². The summed E-state index contributed by atoms with van der Waals surface area (Å²) in [6.07, 6.45) is 1.76. The predicted molar refractivity (Wildman–Crippen MR) is 58.9 cm³/mol. The summed E-state index contributed by atoms with van der Waals surface area (Å²) in [5.41, 5.74) is 0. The minimum Gasteiger partial charge on any atom is -0.320 e. The molecule has 0 rings (SSSR count). The zero-order chi connectivity index (χ0) is 10.4. The van der Waals surface area contributed by atoms with E-state index in [9.17, 15) is 0 Å². The minimum atomic E-state index is 0.536. The third-order valence-electron chi connectivity index (χ3n) is 2.42. The SMILES string of the molecule is CNCCC(C)C(N(C)C)N(C)C. The number of nitrogens with zero attached hydrogens (tertiary/aromatic N) is 2. The molecule has 1 unspecified atom stereocenters. The van der Waals surface area contributed by atoms with Gasteiger partial charge in [-0.1, -0.05) is 6.92 Å². The zero-order valence-electron chi connectivity index (χ0n) is 9.96. The second-order valence-corrected chi connectivity index (χ2v) is 4.21. The quantitative estimate of drug-likeness (QED) is 0.617.